The third kappa shape index (κ3) is 7.50. The highest BCUT2D eigenvalue weighted by molar-refractivity contribution is 5.67. The molecule has 0 heterocycles. The van der Waals surface area contributed by atoms with Crippen LogP contribution in [0, 0.1) is 0 Å². The Hall–Kier alpha value is -1.98. The highest BCUT2D eigenvalue weighted by Gasteiger charge is 2.15. The minimum atomic E-state index is -0.403. The maximum absolute atomic E-state index is 12.3. The summed E-state index contributed by atoms with van der Waals surface area (Å²) in [6, 6.07) is 3.77. The number of ether oxygens (including phenoxy) is 3. The summed E-state index contributed by atoms with van der Waals surface area (Å²) in [7, 11) is 3.24. The largest absolute Gasteiger partial charge is 0.496 e. The van der Waals surface area contributed by atoms with Crippen LogP contribution in [0.4, 0.5) is 9.18 Å². The molecule has 148 valence electrons. The molecule has 0 spiro atoms. The van der Waals surface area contributed by atoms with Crippen LogP contribution < -0.4 is 14.8 Å². The summed E-state index contributed by atoms with van der Waals surface area (Å²) in [6.45, 7) is 4.09. The number of methoxy groups -OCH3 is 2. The number of carbonyl (C=O) groups excluding carboxylic acids is 1. The van der Waals surface area contributed by atoms with E-state index in [2.05, 4.69) is 5.32 Å². The number of rotatable bonds is 12. The van der Waals surface area contributed by atoms with Gasteiger partial charge >= 0.3 is 6.09 Å². The van der Waals surface area contributed by atoms with E-state index in [0.717, 1.165) is 48.3 Å². The zero-order valence-corrected chi connectivity index (χ0v) is 16.4. The molecule has 6 heteroatoms. The van der Waals surface area contributed by atoms with Crippen molar-refractivity contribution in [1.29, 1.82) is 0 Å². The SMILES string of the molecule is CCCCOC(=O)NC(C)Cc1cc(OC)c(CCCCF)cc1OC. The Morgan fingerprint density at radius 3 is 2.38 bits per heavy atom. The van der Waals surface area contributed by atoms with Gasteiger partial charge in [0.15, 0.2) is 0 Å². The number of carbonyl (C=O) groups is 1. The molecule has 26 heavy (non-hydrogen) atoms. The molecule has 5 nitrogen and oxygen atoms in total. The molecule has 1 aromatic rings. The molecule has 0 aromatic heterocycles. The van der Waals surface area contributed by atoms with Crippen LogP contribution in [-0.2, 0) is 17.6 Å². The first-order valence-electron chi connectivity index (χ1n) is 9.28. The Morgan fingerprint density at radius 2 is 1.77 bits per heavy atom. The van der Waals surface area contributed by atoms with Gasteiger partial charge in [0.1, 0.15) is 11.5 Å². The van der Waals surface area contributed by atoms with Gasteiger partial charge in [0.25, 0.3) is 0 Å². The molecule has 1 unspecified atom stereocenters. The molecule has 0 aliphatic carbocycles. The van der Waals surface area contributed by atoms with Crippen molar-refractivity contribution in [2.45, 2.75) is 58.4 Å². The molecule has 1 atom stereocenters. The van der Waals surface area contributed by atoms with Gasteiger partial charge in [-0.2, -0.15) is 0 Å². The second-order valence-corrected chi connectivity index (χ2v) is 6.36. The van der Waals surface area contributed by atoms with Crippen molar-refractivity contribution >= 4 is 6.09 Å². The Balaban J connectivity index is 2.76. The number of hydrogen-bond acceptors (Lipinski definition) is 4. The van der Waals surface area contributed by atoms with Crippen LogP contribution in [0.25, 0.3) is 0 Å². The van der Waals surface area contributed by atoms with E-state index in [0.29, 0.717) is 19.4 Å². The van der Waals surface area contributed by atoms with Gasteiger partial charge in [-0.15, -0.1) is 0 Å². The molecule has 0 bridgehead atoms. The van der Waals surface area contributed by atoms with E-state index < -0.39 is 6.09 Å². The molecule has 0 aliphatic rings. The van der Waals surface area contributed by atoms with Gasteiger partial charge in [-0.25, -0.2) is 4.79 Å². The molecule has 0 saturated carbocycles. The molecule has 1 aromatic carbocycles. The number of hydrogen-bond donors (Lipinski definition) is 1. The number of halogens is 1. The molecule has 0 radical (unpaired) electrons. The Labute approximate surface area is 156 Å². The second-order valence-electron chi connectivity index (χ2n) is 6.36. The standard InChI is InChI=1S/C20H32FNO4/c1-5-6-11-26-20(23)22-15(2)12-17-14-18(24-3)16(9-7-8-10-21)13-19(17)25-4/h13-15H,5-12H2,1-4H3,(H,22,23). The molecule has 0 saturated heterocycles. The van der Waals surface area contributed by atoms with E-state index in [4.69, 9.17) is 14.2 Å². The van der Waals surface area contributed by atoms with E-state index in [9.17, 15) is 9.18 Å². The number of unbranched alkanes of at least 4 members (excludes halogenated alkanes) is 2. The summed E-state index contributed by atoms with van der Waals surface area (Å²) in [4.78, 5) is 11.8. The summed E-state index contributed by atoms with van der Waals surface area (Å²) < 4.78 is 28.4. The first kappa shape index (κ1) is 22.1. The van der Waals surface area contributed by atoms with Crippen LogP contribution in [0.1, 0.15) is 50.7 Å². The fourth-order valence-electron chi connectivity index (χ4n) is 2.72. The van der Waals surface area contributed by atoms with Crippen molar-refractivity contribution in [2.75, 3.05) is 27.5 Å². The van der Waals surface area contributed by atoms with Crippen molar-refractivity contribution in [1.82, 2.24) is 5.32 Å². The number of aryl methyl sites for hydroxylation is 1. The van der Waals surface area contributed by atoms with Crippen molar-refractivity contribution in [3.8, 4) is 11.5 Å². The molecule has 1 amide bonds. The predicted molar refractivity (Wildman–Crippen MR) is 101 cm³/mol. The average molecular weight is 369 g/mol. The first-order chi connectivity index (χ1) is 12.5. The summed E-state index contributed by atoms with van der Waals surface area (Å²) >= 11 is 0. The lowest BCUT2D eigenvalue weighted by molar-refractivity contribution is 0.141. The minimum absolute atomic E-state index is 0.111. The van der Waals surface area contributed by atoms with Gasteiger partial charge in [0.2, 0.25) is 0 Å². The van der Waals surface area contributed by atoms with E-state index in [1.807, 2.05) is 26.0 Å². The smallest absolute Gasteiger partial charge is 0.407 e. The lowest BCUT2D eigenvalue weighted by Crippen LogP contribution is -2.34. The lowest BCUT2D eigenvalue weighted by atomic mass is 10.00. The lowest BCUT2D eigenvalue weighted by Gasteiger charge is -2.18. The quantitative estimate of drug-likeness (QED) is 0.553. The summed E-state index contributed by atoms with van der Waals surface area (Å²) in [5.41, 5.74) is 1.95. The molecular formula is C20H32FNO4. The van der Waals surface area contributed by atoms with Crippen LogP contribution in [0.3, 0.4) is 0 Å². The highest BCUT2D eigenvalue weighted by atomic mass is 19.1. The number of benzene rings is 1. The van der Waals surface area contributed by atoms with E-state index >= 15 is 0 Å². The molecule has 0 fully saturated rings. The van der Waals surface area contributed by atoms with Crippen LogP contribution >= 0.6 is 0 Å². The zero-order chi connectivity index (χ0) is 19.4. The zero-order valence-electron chi connectivity index (χ0n) is 16.4. The van der Waals surface area contributed by atoms with Crippen LogP contribution in [-0.4, -0.2) is 39.6 Å². The summed E-state index contributed by atoms with van der Waals surface area (Å²) in [5, 5.41) is 2.83. The number of amides is 1. The number of alkyl carbamates (subject to hydrolysis) is 1. The van der Waals surface area contributed by atoms with Crippen LogP contribution in [0.5, 0.6) is 11.5 Å². The van der Waals surface area contributed by atoms with E-state index in [1.54, 1.807) is 14.2 Å². The Morgan fingerprint density at radius 1 is 1.12 bits per heavy atom. The fraction of sp³-hybridized carbons (Fsp3) is 0.650. The fourth-order valence-corrected chi connectivity index (χ4v) is 2.72. The summed E-state index contributed by atoms with van der Waals surface area (Å²) in [6.07, 6.45) is 4.06. The molecular weight excluding hydrogens is 337 g/mol. The van der Waals surface area contributed by atoms with Gasteiger partial charge in [-0.3, -0.25) is 4.39 Å². The third-order valence-corrected chi connectivity index (χ3v) is 4.13. The van der Waals surface area contributed by atoms with Crippen molar-refractivity contribution in [3.63, 3.8) is 0 Å². The normalized spacial score (nSPS) is 11.7. The highest BCUT2D eigenvalue weighted by Crippen LogP contribution is 2.31. The Bertz CT molecular complexity index is 551. The molecule has 0 aliphatic heterocycles. The van der Waals surface area contributed by atoms with Crippen molar-refractivity contribution < 1.29 is 23.4 Å². The van der Waals surface area contributed by atoms with E-state index in [-0.39, 0.29) is 12.7 Å². The maximum Gasteiger partial charge on any atom is 0.407 e. The average Bonchev–Trinajstić information content (AvgIpc) is 2.62. The molecule has 1 N–H and O–H groups in total. The van der Waals surface area contributed by atoms with Gasteiger partial charge in [-0.05, 0) is 62.3 Å². The third-order valence-electron chi connectivity index (χ3n) is 4.13. The second kappa shape index (κ2) is 12.4. The monoisotopic (exact) mass is 369 g/mol. The predicted octanol–water partition coefficient (Wildman–Crippen LogP) is 4.45. The number of nitrogens with one attached hydrogen (secondary N) is 1. The number of alkyl halides is 1. The maximum atomic E-state index is 12.3. The van der Waals surface area contributed by atoms with Crippen LogP contribution in [0.2, 0.25) is 0 Å². The first-order valence-corrected chi connectivity index (χ1v) is 9.28. The topological polar surface area (TPSA) is 56.8 Å². The van der Waals surface area contributed by atoms with Crippen LogP contribution in [0.15, 0.2) is 12.1 Å². The van der Waals surface area contributed by atoms with Gasteiger partial charge in [0.05, 0.1) is 27.5 Å². The van der Waals surface area contributed by atoms with Gasteiger partial charge in [0, 0.05) is 6.04 Å². The van der Waals surface area contributed by atoms with Gasteiger partial charge in [-0.1, -0.05) is 13.3 Å². The minimum Gasteiger partial charge on any atom is -0.496 e. The van der Waals surface area contributed by atoms with E-state index in [1.165, 1.54) is 0 Å². The summed E-state index contributed by atoms with van der Waals surface area (Å²) in [5.74, 6) is 1.51. The van der Waals surface area contributed by atoms with Gasteiger partial charge < -0.3 is 19.5 Å². The van der Waals surface area contributed by atoms with Crippen molar-refractivity contribution in [2.24, 2.45) is 0 Å². The molecule has 1 rings (SSSR count). The Kier molecular flexibility index (Phi) is 10.5. The van der Waals surface area contributed by atoms with Crippen molar-refractivity contribution in [3.05, 3.63) is 23.3 Å².